The van der Waals surface area contributed by atoms with Crippen molar-refractivity contribution in [3.05, 3.63) is 47.5 Å². The molecule has 5 heteroatoms. The van der Waals surface area contributed by atoms with Crippen LogP contribution < -0.4 is 0 Å². The van der Waals surface area contributed by atoms with Crippen molar-refractivity contribution in [2.75, 3.05) is 6.61 Å². The lowest BCUT2D eigenvalue weighted by Crippen LogP contribution is -2.58. The molecule has 0 aliphatic heterocycles. The number of carbonyl (C=O) groups excluding carboxylic acids is 3. The van der Waals surface area contributed by atoms with Crippen molar-refractivity contribution < 1.29 is 24.2 Å². The Bertz CT molecular complexity index is 1010. The van der Waals surface area contributed by atoms with Crippen LogP contribution in [0.15, 0.2) is 42.0 Å². The number of allylic oxidation sites excluding steroid dienone is 1. The van der Waals surface area contributed by atoms with E-state index in [1.807, 2.05) is 12.1 Å². The summed E-state index contributed by atoms with van der Waals surface area (Å²) in [5.74, 6) is 0.562. The first kappa shape index (κ1) is 22.5. The number of fused-ring (bicyclic) bond motifs is 5. The van der Waals surface area contributed by atoms with Gasteiger partial charge in [0, 0.05) is 11.8 Å². The van der Waals surface area contributed by atoms with Gasteiger partial charge < -0.3 is 9.84 Å². The quantitative estimate of drug-likeness (QED) is 0.674. The number of hydrogen-bond donors (Lipinski definition) is 1. The Morgan fingerprint density at radius 1 is 1.00 bits per heavy atom. The number of hydrogen-bond acceptors (Lipinski definition) is 5. The van der Waals surface area contributed by atoms with Crippen LogP contribution in [0.5, 0.6) is 0 Å². The van der Waals surface area contributed by atoms with E-state index in [0.29, 0.717) is 30.2 Å². The number of Topliss-reactive ketones (excluding diaryl/α,β-unsaturated/α-hetero) is 1. The highest BCUT2D eigenvalue weighted by atomic mass is 16.5. The number of aliphatic hydroxyl groups is 1. The van der Waals surface area contributed by atoms with Crippen LogP contribution in [0.25, 0.3) is 0 Å². The van der Waals surface area contributed by atoms with Gasteiger partial charge in [0.15, 0.2) is 12.4 Å². The first-order valence-corrected chi connectivity index (χ1v) is 12.4. The summed E-state index contributed by atoms with van der Waals surface area (Å²) in [4.78, 5) is 37.6. The van der Waals surface area contributed by atoms with Crippen molar-refractivity contribution in [2.45, 2.75) is 70.8 Å². The number of carbonyl (C=O) groups is 3. The normalized spacial score (nSPS) is 39.7. The molecular weight excluding hydrogens is 416 g/mol. The molecule has 176 valence electrons. The zero-order valence-electron chi connectivity index (χ0n) is 19.6. The highest BCUT2D eigenvalue weighted by Crippen LogP contribution is 2.67. The maximum atomic E-state index is 13.3. The monoisotopic (exact) mass is 450 g/mol. The summed E-state index contributed by atoms with van der Waals surface area (Å²) in [5.41, 5.74) is -0.181. The minimum absolute atomic E-state index is 0.0636. The molecule has 1 aromatic carbocycles. The van der Waals surface area contributed by atoms with Gasteiger partial charge in [-0.05, 0) is 86.3 Å². The largest absolute Gasteiger partial charge is 0.454 e. The van der Waals surface area contributed by atoms with Gasteiger partial charge in [-0.1, -0.05) is 37.6 Å². The molecular formula is C28H34O5. The van der Waals surface area contributed by atoms with Crippen molar-refractivity contribution >= 4 is 17.5 Å². The van der Waals surface area contributed by atoms with Crippen molar-refractivity contribution in [3.8, 4) is 0 Å². The molecule has 1 aromatic rings. The van der Waals surface area contributed by atoms with Crippen LogP contribution in [-0.2, 0) is 14.3 Å². The summed E-state index contributed by atoms with van der Waals surface area (Å²) in [6.07, 6.45) is 8.40. The van der Waals surface area contributed by atoms with Crippen molar-refractivity contribution in [2.24, 2.45) is 28.6 Å². The predicted molar refractivity (Wildman–Crippen MR) is 123 cm³/mol. The van der Waals surface area contributed by atoms with Gasteiger partial charge in [0.1, 0.15) is 5.60 Å². The number of benzene rings is 1. The van der Waals surface area contributed by atoms with Crippen LogP contribution >= 0.6 is 0 Å². The molecule has 0 spiro atoms. The van der Waals surface area contributed by atoms with Crippen LogP contribution in [0, 0.1) is 28.6 Å². The molecule has 6 atom stereocenters. The molecule has 0 saturated heterocycles. The minimum atomic E-state index is -1.46. The van der Waals surface area contributed by atoms with E-state index in [4.69, 9.17) is 4.74 Å². The number of esters is 1. The summed E-state index contributed by atoms with van der Waals surface area (Å²) in [6.45, 7) is 4.02. The Labute approximate surface area is 195 Å². The predicted octanol–water partition coefficient (Wildman–Crippen LogP) is 4.68. The molecule has 33 heavy (non-hydrogen) atoms. The molecule has 1 N–H and O–H groups in total. The average molecular weight is 451 g/mol. The fourth-order valence-corrected chi connectivity index (χ4v) is 7.94. The fraction of sp³-hybridized carbons (Fsp3) is 0.607. The lowest BCUT2D eigenvalue weighted by atomic mass is 9.46. The third kappa shape index (κ3) is 3.34. The van der Waals surface area contributed by atoms with Gasteiger partial charge in [-0.2, -0.15) is 0 Å². The van der Waals surface area contributed by atoms with E-state index in [1.54, 1.807) is 24.3 Å². The van der Waals surface area contributed by atoms with Gasteiger partial charge in [-0.25, -0.2) is 4.79 Å². The highest BCUT2D eigenvalue weighted by Gasteiger charge is 2.66. The van der Waals surface area contributed by atoms with E-state index in [2.05, 4.69) is 13.8 Å². The van der Waals surface area contributed by atoms with Crippen LogP contribution in [0.2, 0.25) is 0 Å². The highest BCUT2D eigenvalue weighted by molar-refractivity contribution is 5.94. The molecule has 3 fully saturated rings. The van der Waals surface area contributed by atoms with Gasteiger partial charge in [0.05, 0.1) is 5.56 Å². The number of rotatable bonds is 4. The van der Waals surface area contributed by atoms with E-state index >= 15 is 0 Å². The molecule has 0 aromatic heterocycles. The Balaban J connectivity index is 1.33. The Morgan fingerprint density at radius 3 is 2.48 bits per heavy atom. The third-order valence-corrected chi connectivity index (χ3v) is 9.92. The van der Waals surface area contributed by atoms with Gasteiger partial charge in [-0.15, -0.1) is 0 Å². The Morgan fingerprint density at radius 2 is 1.73 bits per heavy atom. The molecule has 0 heterocycles. The summed E-state index contributed by atoms with van der Waals surface area (Å²) < 4.78 is 5.31. The molecule has 4 aliphatic carbocycles. The summed E-state index contributed by atoms with van der Waals surface area (Å²) in [5, 5.41) is 11.7. The zero-order chi connectivity index (χ0) is 23.4. The van der Waals surface area contributed by atoms with Crippen LogP contribution in [-0.4, -0.2) is 34.9 Å². The first-order valence-electron chi connectivity index (χ1n) is 12.4. The Kier molecular flexibility index (Phi) is 5.39. The molecule has 3 saturated carbocycles. The molecule has 5 rings (SSSR count). The molecule has 0 bridgehead atoms. The second kappa shape index (κ2) is 7.90. The molecule has 0 amide bonds. The molecule has 4 aliphatic rings. The second-order valence-electron chi connectivity index (χ2n) is 11.2. The maximum absolute atomic E-state index is 13.3. The lowest BCUT2D eigenvalue weighted by molar-refractivity contribution is -0.164. The van der Waals surface area contributed by atoms with Crippen LogP contribution in [0.3, 0.4) is 0 Å². The summed E-state index contributed by atoms with van der Waals surface area (Å²) in [7, 11) is 0. The van der Waals surface area contributed by atoms with E-state index < -0.39 is 23.6 Å². The second-order valence-corrected chi connectivity index (χ2v) is 11.2. The standard InChI is InChI=1S/C28H34O5/c1-26-13-10-20(29)16-19(26)8-9-21-22(26)11-14-27(2)23(21)12-15-28(27,32)24(30)17-33-25(31)18-6-4-3-5-7-18/h3-7,16,21-23,32H,8-15,17H2,1-2H3/t21-,22-,23-,26-,27+,28-/m0/s1. The summed E-state index contributed by atoms with van der Waals surface area (Å²) >= 11 is 0. The van der Waals surface area contributed by atoms with Crippen molar-refractivity contribution in [1.82, 2.24) is 0 Å². The SMILES string of the molecule is C[C@]12CCC(=O)C=C1CC[C@H]1[C@@H]2CC[C@]2(C)[C@H]1CC[C@]2(O)C(=O)COC(=O)c1ccccc1. The van der Waals surface area contributed by atoms with E-state index in [0.717, 1.165) is 38.5 Å². The zero-order valence-corrected chi connectivity index (χ0v) is 19.6. The van der Waals surface area contributed by atoms with E-state index in [1.165, 1.54) is 5.57 Å². The lowest BCUT2D eigenvalue weighted by Gasteiger charge is -2.58. The number of ether oxygens (including phenoxy) is 1. The van der Waals surface area contributed by atoms with Crippen molar-refractivity contribution in [1.29, 1.82) is 0 Å². The Hall–Kier alpha value is -2.27. The van der Waals surface area contributed by atoms with Crippen molar-refractivity contribution in [3.63, 3.8) is 0 Å². The van der Waals surface area contributed by atoms with Gasteiger partial charge in [-0.3, -0.25) is 9.59 Å². The van der Waals surface area contributed by atoms with E-state index in [-0.39, 0.29) is 22.9 Å². The third-order valence-electron chi connectivity index (χ3n) is 9.92. The first-order chi connectivity index (χ1) is 15.7. The maximum Gasteiger partial charge on any atom is 0.338 e. The number of ketones is 2. The molecule has 0 unspecified atom stereocenters. The molecule has 0 radical (unpaired) electrons. The van der Waals surface area contributed by atoms with Gasteiger partial charge in [0.2, 0.25) is 5.78 Å². The fourth-order valence-electron chi connectivity index (χ4n) is 7.94. The minimum Gasteiger partial charge on any atom is -0.454 e. The smallest absolute Gasteiger partial charge is 0.338 e. The van der Waals surface area contributed by atoms with Gasteiger partial charge >= 0.3 is 5.97 Å². The van der Waals surface area contributed by atoms with Crippen LogP contribution in [0.4, 0.5) is 0 Å². The molecule has 5 nitrogen and oxygen atoms in total. The average Bonchev–Trinajstić information content (AvgIpc) is 3.10. The topological polar surface area (TPSA) is 80.7 Å². The van der Waals surface area contributed by atoms with Gasteiger partial charge in [0.25, 0.3) is 0 Å². The van der Waals surface area contributed by atoms with Crippen LogP contribution in [0.1, 0.15) is 75.6 Å². The summed E-state index contributed by atoms with van der Waals surface area (Å²) in [6, 6.07) is 8.62. The van der Waals surface area contributed by atoms with E-state index in [9.17, 15) is 19.5 Å².